The Hall–Kier alpha value is 0.699. The van der Waals surface area contributed by atoms with Crippen LogP contribution in [0.25, 0.3) is 0 Å². The molecule has 0 atom stereocenters. The molecule has 0 fully saturated rings. The summed E-state index contributed by atoms with van der Waals surface area (Å²) >= 11 is 0. The van der Waals surface area contributed by atoms with E-state index < -0.39 is 11.8 Å². The molecule has 0 aliphatic heterocycles. The van der Waals surface area contributed by atoms with E-state index in [9.17, 15) is 13.2 Å². The van der Waals surface area contributed by atoms with E-state index in [1.165, 1.54) is 0 Å². The van der Waals surface area contributed by atoms with E-state index in [1.807, 2.05) is 0 Å². The van der Waals surface area contributed by atoms with Crippen molar-refractivity contribution in [1.29, 1.82) is 0 Å². The van der Waals surface area contributed by atoms with E-state index in [0.29, 0.717) is 21.8 Å². The normalized spacial score (nSPS) is 11.5. The molecule has 1 radical (unpaired) electrons. The van der Waals surface area contributed by atoms with E-state index in [2.05, 4.69) is 20.0 Å². The fourth-order valence-electron chi connectivity index (χ4n) is 0. The Labute approximate surface area is 89.3 Å². The standard InChI is InChI=1S/C4H7F3O.C3H9P.Cu/c1-3(2,8)4(5,6)7;1-4(2)3;/h8H,1-2H3;1-3H3;. The monoisotopic (exact) mass is 267 g/mol. The summed E-state index contributed by atoms with van der Waals surface area (Å²) in [5.74, 6) is 0. The smallest absolute Gasteiger partial charge is 0.381 e. The minimum atomic E-state index is -4.51. The summed E-state index contributed by atoms with van der Waals surface area (Å²) in [6.07, 6.45) is -4.51. The van der Waals surface area contributed by atoms with Crippen molar-refractivity contribution >= 4 is 7.92 Å². The molecule has 0 amide bonds. The van der Waals surface area contributed by atoms with Gasteiger partial charge in [-0.05, 0) is 33.8 Å². The molecule has 0 aromatic carbocycles. The van der Waals surface area contributed by atoms with Crippen molar-refractivity contribution in [3.05, 3.63) is 0 Å². The molecule has 13 heavy (non-hydrogen) atoms. The summed E-state index contributed by atoms with van der Waals surface area (Å²) in [4.78, 5) is 0. The summed E-state index contributed by atoms with van der Waals surface area (Å²) < 4.78 is 33.9. The van der Waals surface area contributed by atoms with Crippen LogP contribution in [0.15, 0.2) is 0 Å². The summed E-state index contributed by atoms with van der Waals surface area (Å²) in [5.41, 5.74) is -2.56. The SMILES string of the molecule is CC(C)(O)C(F)(F)F.CP(C)C.[Cu]. The zero-order valence-corrected chi connectivity index (χ0v) is 10.2. The topological polar surface area (TPSA) is 20.2 Å². The van der Waals surface area contributed by atoms with Crippen LogP contribution in [0, 0.1) is 0 Å². The molecule has 1 N–H and O–H groups in total. The van der Waals surface area contributed by atoms with Gasteiger partial charge in [0, 0.05) is 17.1 Å². The Morgan fingerprint density at radius 1 is 1.00 bits per heavy atom. The fourth-order valence-corrected chi connectivity index (χ4v) is 0. The van der Waals surface area contributed by atoms with E-state index in [0.717, 1.165) is 0 Å². The van der Waals surface area contributed by atoms with Crippen LogP contribution < -0.4 is 0 Å². The first-order valence-corrected chi connectivity index (χ1v) is 6.07. The average molecular weight is 268 g/mol. The quantitative estimate of drug-likeness (QED) is 0.528. The largest absolute Gasteiger partial charge is 0.416 e. The van der Waals surface area contributed by atoms with Crippen molar-refractivity contribution in [3.8, 4) is 0 Å². The van der Waals surface area contributed by atoms with Gasteiger partial charge in [-0.1, -0.05) is 0 Å². The molecule has 0 rings (SSSR count). The van der Waals surface area contributed by atoms with Gasteiger partial charge in [0.05, 0.1) is 0 Å². The minimum absolute atomic E-state index is 0. The third-order valence-corrected chi connectivity index (χ3v) is 0.694. The zero-order valence-electron chi connectivity index (χ0n) is 8.33. The second-order valence-electron chi connectivity index (χ2n) is 3.40. The first-order chi connectivity index (χ1) is 4.98. The number of hydrogen-bond donors (Lipinski definition) is 1. The van der Waals surface area contributed by atoms with Gasteiger partial charge in [0.15, 0.2) is 5.60 Å². The molecule has 0 unspecified atom stereocenters. The number of halogens is 3. The molecule has 0 spiro atoms. The molecule has 0 saturated carbocycles. The molecule has 0 aliphatic rings. The maximum Gasteiger partial charge on any atom is 0.416 e. The number of alkyl halides is 3. The number of hydrogen-bond acceptors (Lipinski definition) is 1. The predicted octanol–water partition coefficient (Wildman–Crippen LogP) is 2.67. The van der Waals surface area contributed by atoms with Crippen LogP contribution in [-0.4, -0.2) is 36.9 Å². The van der Waals surface area contributed by atoms with E-state index in [1.54, 1.807) is 0 Å². The van der Waals surface area contributed by atoms with Crippen molar-refractivity contribution in [2.24, 2.45) is 0 Å². The summed E-state index contributed by atoms with van der Waals surface area (Å²) in [5, 5.41) is 8.23. The maximum absolute atomic E-state index is 11.3. The van der Waals surface area contributed by atoms with Gasteiger partial charge in [-0.3, -0.25) is 0 Å². The molecule has 87 valence electrons. The third kappa shape index (κ3) is 15.5. The minimum Gasteiger partial charge on any atom is -0.381 e. The van der Waals surface area contributed by atoms with Crippen molar-refractivity contribution in [3.63, 3.8) is 0 Å². The van der Waals surface area contributed by atoms with Gasteiger partial charge >= 0.3 is 6.18 Å². The summed E-state index contributed by atoms with van der Waals surface area (Å²) in [6, 6.07) is 0. The third-order valence-electron chi connectivity index (χ3n) is 0.694. The second-order valence-corrected chi connectivity index (χ2v) is 6.08. The van der Waals surface area contributed by atoms with Crippen molar-refractivity contribution in [1.82, 2.24) is 0 Å². The molecular formula is C7H16CuF3OP. The number of rotatable bonds is 0. The first kappa shape index (κ1) is 19.3. The first-order valence-electron chi connectivity index (χ1n) is 3.38. The van der Waals surface area contributed by atoms with E-state index in [-0.39, 0.29) is 17.1 Å². The molecule has 0 aromatic heterocycles. The van der Waals surface area contributed by atoms with Crippen molar-refractivity contribution < 1.29 is 35.3 Å². The van der Waals surface area contributed by atoms with E-state index in [4.69, 9.17) is 5.11 Å². The van der Waals surface area contributed by atoms with Gasteiger partial charge in [-0.15, -0.1) is 7.92 Å². The second kappa shape index (κ2) is 7.05. The Bertz CT molecular complexity index is 105. The predicted molar refractivity (Wildman–Crippen MR) is 47.0 cm³/mol. The van der Waals surface area contributed by atoms with Crippen LogP contribution in [0.5, 0.6) is 0 Å². The fraction of sp³-hybridized carbons (Fsp3) is 1.00. The van der Waals surface area contributed by atoms with Crippen LogP contribution >= 0.6 is 7.92 Å². The molecule has 0 aliphatic carbocycles. The van der Waals surface area contributed by atoms with Gasteiger partial charge in [-0.25, -0.2) is 0 Å². The van der Waals surface area contributed by atoms with E-state index >= 15 is 0 Å². The van der Waals surface area contributed by atoms with Gasteiger partial charge in [-0.2, -0.15) is 13.2 Å². The molecule has 6 heteroatoms. The average Bonchev–Trinajstić information content (AvgIpc) is 1.55. The van der Waals surface area contributed by atoms with Crippen LogP contribution in [-0.2, 0) is 17.1 Å². The van der Waals surface area contributed by atoms with Crippen LogP contribution in [0.2, 0.25) is 0 Å². The molecule has 0 aromatic rings. The van der Waals surface area contributed by atoms with Crippen molar-refractivity contribution in [2.75, 3.05) is 20.0 Å². The van der Waals surface area contributed by atoms with Crippen molar-refractivity contribution in [2.45, 2.75) is 25.6 Å². The van der Waals surface area contributed by atoms with Gasteiger partial charge in [0.1, 0.15) is 0 Å². The van der Waals surface area contributed by atoms with Crippen LogP contribution in [0.1, 0.15) is 13.8 Å². The summed E-state index contributed by atoms with van der Waals surface area (Å²) in [7, 11) is 0.380. The van der Waals surface area contributed by atoms with Gasteiger partial charge < -0.3 is 5.11 Å². The maximum atomic E-state index is 11.3. The molecule has 0 bridgehead atoms. The molecular weight excluding hydrogens is 252 g/mol. The molecule has 0 saturated heterocycles. The Morgan fingerprint density at radius 3 is 1.08 bits per heavy atom. The Morgan fingerprint density at radius 2 is 1.08 bits per heavy atom. The van der Waals surface area contributed by atoms with Crippen LogP contribution in [0.3, 0.4) is 0 Å². The number of aliphatic hydroxyl groups is 1. The van der Waals surface area contributed by atoms with Gasteiger partial charge in [0.25, 0.3) is 0 Å². The van der Waals surface area contributed by atoms with Crippen LogP contribution in [0.4, 0.5) is 13.2 Å². The molecule has 0 heterocycles. The zero-order chi connectivity index (χ0) is 10.6. The van der Waals surface area contributed by atoms with Gasteiger partial charge in [0.2, 0.25) is 0 Å². The Kier molecular flexibility index (Phi) is 10.5. The Balaban J connectivity index is -0.000000173. The molecule has 1 nitrogen and oxygen atoms in total. The summed E-state index contributed by atoms with van der Waals surface area (Å²) in [6.45, 7) is 8.10.